The van der Waals surface area contributed by atoms with Crippen LogP contribution in [0.4, 0.5) is 11.5 Å². The van der Waals surface area contributed by atoms with Gasteiger partial charge < -0.3 is 15.0 Å². The number of ether oxygens (including phenoxy) is 1. The zero-order chi connectivity index (χ0) is 19.5. The lowest BCUT2D eigenvalue weighted by atomic mass is 10.00. The number of nitrogens with one attached hydrogen (secondary N) is 1. The van der Waals surface area contributed by atoms with Gasteiger partial charge in [-0.2, -0.15) is 0 Å². The molecule has 0 bridgehead atoms. The Bertz CT molecular complexity index is 1000. The Hall–Kier alpha value is -3.41. The Labute approximate surface area is 164 Å². The van der Waals surface area contributed by atoms with Crippen molar-refractivity contribution in [1.82, 2.24) is 14.9 Å². The zero-order valence-electron chi connectivity index (χ0n) is 16.0. The summed E-state index contributed by atoms with van der Waals surface area (Å²) < 4.78 is 5.18. The molecule has 6 nitrogen and oxygen atoms in total. The van der Waals surface area contributed by atoms with Gasteiger partial charge >= 0.3 is 0 Å². The van der Waals surface area contributed by atoms with Crippen molar-refractivity contribution in [3.63, 3.8) is 0 Å². The second-order valence-electron chi connectivity index (χ2n) is 6.78. The summed E-state index contributed by atoms with van der Waals surface area (Å²) in [6.07, 6.45) is 0.864. The summed E-state index contributed by atoms with van der Waals surface area (Å²) in [5, 5.41) is 3.23. The maximum atomic E-state index is 13.0. The molecular formula is C22H22N4O2. The average molecular weight is 374 g/mol. The predicted octanol–water partition coefficient (Wildman–Crippen LogP) is 3.74. The number of fused-ring (bicyclic) bond motifs is 1. The summed E-state index contributed by atoms with van der Waals surface area (Å²) in [5.74, 6) is 1.86. The molecule has 1 N–H and O–H groups in total. The Balaban J connectivity index is 1.54. The number of carbonyl (C=O) groups is 1. The van der Waals surface area contributed by atoms with Crippen molar-refractivity contribution >= 4 is 17.4 Å². The molecule has 6 heteroatoms. The molecule has 1 aliphatic rings. The highest BCUT2D eigenvalue weighted by Crippen LogP contribution is 2.22. The van der Waals surface area contributed by atoms with E-state index in [2.05, 4.69) is 27.4 Å². The third-order valence-corrected chi connectivity index (χ3v) is 4.84. The SMILES string of the molecule is COc1ccc(Nc2cc(C(=O)N3CCc4ccccc4C3)nc(C)n2)cc1. The van der Waals surface area contributed by atoms with Gasteiger partial charge in [0.05, 0.1) is 7.11 Å². The predicted molar refractivity (Wildman–Crippen MR) is 108 cm³/mol. The Morgan fingerprint density at radius 3 is 2.57 bits per heavy atom. The van der Waals surface area contributed by atoms with Crippen LogP contribution in [0.3, 0.4) is 0 Å². The van der Waals surface area contributed by atoms with Gasteiger partial charge in [-0.15, -0.1) is 0 Å². The fourth-order valence-corrected chi connectivity index (χ4v) is 3.39. The summed E-state index contributed by atoms with van der Waals surface area (Å²) >= 11 is 0. The highest BCUT2D eigenvalue weighted by atomic mass is 16.5. The van der Waals surface area contributed by atoms with Gasteiger partial charge in [-0.1, -0.05) is 24.3 Å². The number of aromatic nitrogens is 2. The Morgan fingerprint density at radius 2 is 1.82 bits per heavy atom. The topological polar surface area (TPSA) is 67.3 Å². The van der Waals surface area contributed by atoms with E-state index in [0.29, 0.717) is 30.4 Å². The number of amides is 1. The fourth-order valence-electron chi connectivity index (χ4n) is 3.39. The lowest BCUT2D eigenvalue weighted by Crippen LogP contribution is -2.36. The first-order valence-corrected chi connectivity index (χ1v) is 9.25. The van der Waals surface area contributed by atoms with Gasteiger partial charge in [-0.3, -0.25) is 4.79 Å². The standard InChI is InChI=1S/C22H22N4O2/c1-15-23-20(13-21(24-15)25-18-7-9-19(28-2)10-8-18)22(27)26-12-11-16-5-3-4-6-17(16)14-26/h3-10,13H,11-12,14H2,1-2H3,(H,23,24,25). The monoisotopic (exact) mass is 374 g/mol. The molecule has 0 aliphatic carbocycles. The molecule has 3 aromatic rings. The summed E-state index contributed by atoms with van der Waals surface area (Å²) in [7, 11) is 1.63. The van der Waals surface area contributed by atoms with Crippen LogP contribution in [-0.2, 0) is 13.0 Å². The second-order valence-corrected chi connectivity index (χ2v) is 6.78. The molecule has 2 aromatic carbocycles. The molecule has 0 fully saturated rings. The van der Waals surface area contributed by atoms with Crippen molar-refractivity contribution in [2.45, 2.75) is 19.9 Å². The van der Waals surface area contributed by atoms with E-state index in [0.717, 1.165) is 17.9 Å². The Kier molecular flexibility index (Phi) is 4.93. The first-order chi connectivity index (χ1) is 13.6. The van der Waals surface area contributed by atoms with Crippen LogP contribution in [-0.4, -0.2) is 34.4 Å². The molecule has 142 valence electrons. The number of hydrogen-bond donors (Lipinski definition) is 1. The molecule has 1 aliphatic heterocycles. The number of nitrogens with zero attached hydrogens (tertiary/aromatic N) is 3. The number of methoxy groups -OCH3 is 1. The molecular weight excluding hydrogens is 352 g/mol. The van der Waals surface area contributed by atoms with Crippen molar-refractivity contribution in [3.8, 4) is 5.75 Å². The second kappa shape index (κ2) is 7.68. The number of benzene rings is 2. The van der Waals surface area contributed by atoms with Crippen LogP contribution in [0.15, 0.2) is 54.6 Å². The minimum absolute atomic E-state index is 0.0715. The largest absolute Gasteiger partial charge is 0.497 e. The van der Waals surface area contributed by atoms with Gasteiger partial charge in [0.25, 0.3) is 5.91 Å². The van der Waals surface area contributed by atoms with Crippen molar-refractivity contribution in [2.75, 3.05) is 19.0 Å². The third kappa shape index (κ3) is 3.81. The van der Waals surface area contributed by atoms with Gasteiger partial charge in [0.2, 0.25) is 0 Å². The van der Waals surface area contributed by atoms with Crippen LogP contribution in [0.25, 0.3) is 0 Å². The highest BCUT2D eigenvalue weighted by molar-refractivity contribution is 5.93. The van der Waals surface area contributed by atoms with Crippen molar-refractivity contribution < 1.29 is 9.53 Å². The number of carbonyl (C=O) groups excluding carboxylic acids is 1. The summed E-state index contributed by atoms with van der Waals surface area (Å²) in [5.41, 5.74) is 3.78. The molecule has 0 unspecified atom stereocenters. The summed E-state index contributed by atoms with van der Waals surface area (Å²) in [4.78, 5) is 23.7. The van der Waals surface area contributed by atoms with E-state index in [-0.39, 0.29) is 5.91 Å². The molecule has 2 heterocycles. The van der Waals surface area contributed by atoms with Gasteiger partial charge in [0.1, 0.15) is 23.1 Å². The van der Waals surface area contributed by atoms with Crippen molar-refractivity contribution in [1.29, 1.82) is 0 Å². The van der Waals surface area contributed by atoms with Crippen LogP contribution in [0, 0.1) is 6.92 Å². The lowest BCUT2D eigenvalue weighted by molar-refractivity contribution is 0.0728. The van der Waals surface area contributed by atoms with E-state index in [4.69, 9.17) is 4.74 Å². The smallest absolute Gasteiger partial charge is 0.272 e. The average Bonchev–Trinajstić information content (AvgIpc) is 2.73. The molecule has 28 heavy (non-hydrogen) atoms. The van der Waals surface area contributed by atoms with E-state index < -0.39 is 0 Å². The maximum Gasteiger partial charge on any atom is 0.272 e. The molecule has 1 aromatic heterocycles. The van der Waals surface area contributed by atoms with Gasteiger partial charge in [0, 0.05) is 24.8 Å². The zero-order valence-corrected chi connectivity index (χ0v) is 16.0. The molecule has 0 saturated heterocycles. The van der Waals surface area contributed by atoms with Crippen LogP contribution >= 0.6 is 0 Å². The maximum absolute atomic E-state index is 13.0. The fraction of sp³-hybridized carbons (Fsp3) is 0.227. The molecule has 4 rings (SSSR count). The molecule has 0 radical (unpaired) electrons. The van der Waals surface area contributed by atoms with Crippen molar-refractivity contribution in [2.24, 2.45) is 0 Å². The minimum atomic E-state index is -0.0715. The number of aryl methyl sites for hydroxylation is 1. The number of rotatable bonds is 4. The van der Waals surface area contributed by atoms with Crippen LogP contribution in [0.1, 0.15) is 27.4 Å². The van der Waals surface area contributed by atoms with E-state index >= 15 is 0 Å². The number of hydrogen-bond acceptors (Lipinski definition) is 5. The van der Waals surface area contributed by atoms with Gasteiger partial charge in [-0.05, 0) is 48.7 Å². The van der Waals surface area contributed by atoms with Crippen molar-refractivity contribution in [3.05, 3.63) is 77.2 Å². The number of anilines is 2. The molecule has 0 spiro atoms. The summed E-state index contributed by atoms with van der Waals surface area (Å²) in [6.45, 7) is 3.10. The minimum Gasteiger partial charge on any atom is -0.497 e. The molecule has 1 amide bonds. The van der Waals surface area contributed by atoms with Gasteiger partial charge in [0.15, 0.2) is 0 Å². The third-order valence-electron chi connectivity index (χ3n) is 4.84. The quantitative estimate of drug-likeness (QED) is 0.754. The Morgan fingerprint density at radius 1 is 1.07 bits per heavy atom. The van der Waals surface area contributed by atoms with Gasteiger partial charge in [-0.25, -0.2) is 9.97 Å². The molecule has 0 atom stereocenters. The summed E-state index contributed by atoms with van der Waals surface area (Å²) in [6, 6.07) is 17.5. The van der Waals surface area contributed by atoms with Crippen LogP contribution in [0.2, 0.25) is 0 Å². The van der Waals surface area contributed by atoms with E-state index in [1.807, 2.05) is 41.3 Å². The van der Waals surface area contributed by atoms with Crippen LogP contribution < -0.4 is 10.1 Å². The van der Waals surface area contributed by atoms with Crippen LogP contribution in [0.5, 0.6) is 5.75 Å². The highest BCUT2D eigenvalue weighted by Gasteiger charge is 2.23. The first-order valence-electron chi connectivity index (χ1n) is 9.25. The normalized spacial score (nSPS) is 13.0. The molecule has 0 saturated carbocycles. The van der Waals surface area contributed by atoms with E-state index in [9.17, 15) is 4.79 Å². The lowest BCUT2D eigenvalue weighted by Gasteiger charge is -2.28. The first kappa shape index (κ1) is 18.0. The van der Waals surface area contributed by atoms with E-state index in [1.165, 1.54) is 11.1 Å². The van der Waals surface area contributed by atoms with E-state index in [1.54, 1.807) is 20.1 Å².